The second-order valence-electron chi connectivity index (χ2n) is 4.98. The zero-order valence-corrected chi connectivity index (χ0v) is 12.8. The van der Waals surface area contributed by atoms with Crippen molar-refractivity contribution in [1.82, 2.24) is 5.32 Å². The van der Waals surface area contributed by atoms with E-state index in [1.165, 1.54) is 18.4 Å². The van der Waals surface area contributed by atoms with Gasteiger partial charge in [-0.25, -0.2) is 0 Å². The van der Waals surface area contributed by atoms with Crippen LogP contribution in [0.4, 0.5) is 0 Å². The maximum absolute atomic E-state index is 8.54. The molecule has 1 aromatic carbocycles. The van der Waals surface area contributed by atoms with E-state index in [2.05, 4.69) is 46.4 Å². The third kappa shape index (κ3) is 4.52. The number of nitrogens with zero attached hydrogens (tertiary/aromatic N) is 1. The van der Waals surface area contributed by atoms with Gasteiger partial charge < -0.3 is 10.1 Å². The van der Waals surface area contributed by atoms with Gasteiger partial charge in [0.2, 0.25) is 0 Å². The van der Waals surface area contributed by atoms with Gasteiger partial charge in [0.1, 0.15) is 5.75 Å². The molecule has 1 fully saturated rings. The second-order valence-corrected chi connectivity index (χ2v) is 5.89. The molecule has 4 heteroatoms. The molecule has 0 unspecified atom stereocenters. The van der Waals surface area contributed by atoms with Gasteiger partial charge in [0.15, 0.2) is 0 Å². The van der Waals surface area contributed by atoms with Gasteiger partial charge >= 0.3 is 0 Å². The molecule has 0 aliphatic heterocycles. The van der Waals surface area contributed by atoms with E-state index in [4.69, 9.17) is 10.00 Å². The number of unbranched alkanes of at least 4 members (excludes halogenated alkanes) is 1. The van der Waals surface area contributed by atoms with Crippen LogP contribution in [-0.4, -0.2) is 12.6 Å². The maximum Gasteiger partial charge on any atom is 0.126 e. The Bertz CT molecular complexity index is 478. The van der Waals surface area contributed by atoms with E-state index in [0.29, 0.717) is 19.1 Å². The van der Waals surface area contributed by atoms with Crippen LogP contribution in [-0.2, 0) is 6.54 Å². The summed E-state index contributed by atoms with van der Waals surface area (Å²) in [7, 11) is 0. The number of rotatable bonds is 7. The van der Waals surface area contributed by atoms with E-state index < -0.39 is 0 Å². The van der Waals surface area contributed by atoms with Crippen molar-refractivity contribution in [3.05, 3.63) is 27.7 Å². The number of nitrogens with one attached hydrogen (secondary N) is 1. The topological polar surface area (TPSA) is 45.0 Å². The minimum absolute atomic E-state index is 0.547. The zero-order valence-electron chi connectivity index (χ0n) is 11.2. The predicted molar refractivity (Wildman–Crippen MR) is 79.1 cm³/mol. The molecule has 0 spiro atoms. The molecule has 2 rings (SSSR count). The Balaban J connectivity index is 2.02. The van der Waals surface area contributed by atoms with Crippen molar-refractivity contribution in [2.24, 2.45) is 0 Å². The Morgan fingerprint density at radius 1 is 1.47 bits per heavy atom. The van der Waals surface area contributed by atoms with E-state index in [1.54, 1.807) is 0 Å². The Morgan fingerprint density at radius 2 is 2.26 bits per heavy atom. The molecule has 1 saturated carbocycles. The highest BCUT2D eigenvalue weighted by Crippen LogP contribution is 2.29. The van der Waals surface area contributed by atoms with Crippen LogP contribution >= 0.6 is 15.9 Å². The average Bonchev–Trinajstić information content (AvgIpc) is 3.18. The van der Waals surface area contributed by atoms with Crippen molar-refractivity contribution < 1.29 is 4.74 Å². The quantitative estimate of drug-likeness (QED) is 0.778. The highest BCUT2D eigenvalue weighted by molar-refractivity contribution is 9.10. The Labute approximate surface area is 123 Å². The summed E-state index contributed by atoms with van der Waals surface area (Å²) in [5.74, 6) is 0.967. The fourth-order valence-electron chi connectivity index (χ4n) is 2.00. The summed E-state index contributed by atoms with van der Waals surface area (Å²) in [6.45, 7) is 3.51. The van der Waals surface area contributed by atoms with Gasteiger partial charge in [-0.3, -0.25) is 0 Å². The fourth-order valence-corrected chi connectivity index (χ4v) is 2.62. The monoisotopic (exact) mass is 322 g/mol. The van der Waals surface area contributed by atoms with E-state index in [0.717, 1.165) is 28.8 Å². The minimum atomic E-state index is 0.547. The first kappa shape index (κ1) is 14.4. The number of ether oxygens (including phenoxy) is 1. The number of hydrogen-bond donors (Lipinski definition) is 1. The van der Waals surface area contributed by atoms with Crippen LogP contribution in [0, 0.1) is 18.3 Å². The summed E-state index contributed by atoms with van der Waals surface area (Å²) < 4.78 is 6.95. The SMILES string of the molecule is Cc1cc(Br)cc(CNC2CC2)c1OCCCC#N. The molecular formula is C15H19BrN2O. The Morgan fingerprint density at radius 3 is 2.95 bits per heavy atom. The maximum atomic E-state index is 8.54. The molecule has 102 valence electrons. The van der Waals surface area contributed by atoms with Crippen molar-refractivity contribution in [3.63, 3.8) is 0 Å². The molecular weight excluding hydrogens is 304 g/mol. The number of halogens is 1. The van der Waals surface area contributed by atoms with E-state index in [-0.39, 0.29) is 0 Å². The summed E-state index contributed by atoms with van der Waals surface area (Å²) in [4.78, 5) is 0. The van der Waals surface area contributed by atoms with E-state index in [9.17, 15) is 0 Å². The minimum Gasteiger partial charge on any atom is -0.493 e. The predicted octanol–water partition coefficient (Wildman–Crippen LogP) is 3.69. The molecule has 0 radical (unpaired) electrons. The summed E-state index contributed by atoms with van der Waals surface area (Å²) in [6.07, 6.45) is 3.89. The van der Waals surface area contributed by atoms with Crippen molar-refractivity contribution >= 4 is 15.9 Å². The van der Waals surface area contributed by atoms with Gasteiger partial charge in [-0.2, -0.15) is 5.26 Å². The first-order valence-electron chi connectivity index (χ1n) is 6.73. The summed E-state index contributed by atoms with van der Waals surface area (Å²) in [6, 6.07) is 7.01. The van der Waals surface area contributed by atoms with Crippen LogP contribution in [0.3, 0.4) is 0 Å². The molecule has 0 amide bonds. The third-order valence-electron chi connectivity index (χ3n) is 3.15. The Kier molecular flexibility index (Phi) is 5.24. The second kappa shape index (κ2) is 6.93. The average molecular weight is 323 g/mol. The molecule has 0 heterocycles. The van der Waals surface area contributed by atoms with Crippen LogP contribution in [0.5, 0.6) is 5.75 Å². The number of benzene rings is 1. The van der Waals surface area contributed by atoms with Crippen molar-refractivity contribution in [3.8, 4) is 11.8 Å². The summed E-state index contributed by atoms with van der Waals surface area (Å²) >= 11 is 3.54. The molecule has 1 aliphatic carbocycles. The molecule has 0 bridgehead atoms. The van der Waals surface area contributed by atoms with Crippen molar-refractivity contribution in [2.75, 3.05) is 6.61 Å². The molecule has 0 aromatic heterocycles. The lowest BCUT2D eigenvalue weighted by Gasteiger charge is -2.15. The lowest BCUT2D eigenvalue weighted by atomic mass is 10.1. The van der Waals surface area contributed by atoms with Gasteiger partial charge in [-0.1, -0.05) is 15.9 Å². The van der Waals surface area contributed by atoms with Gasteiger partial charge in [-0.15, -0.1) is 0 Å². The summed E-state index contributed by atoms with van der Waals surface area (Å²) in [5.41, 5.74) is 2.33. The molecule has 0 saturated heterocycles. The van der Waals surface area contributed by atoms with Crippen LogP contribution in [0.2, 0.25) is 0 Å². The number of hydrogen-bond acceptors (Lipinski definition) is 3. The van der Waals surface area contributed by atoms with Crippen LogP contribution in [0.15, 0.2) is 16.6 Å². The first-order valence-corrected chi connectivity index (χ1v) is 7.52. The highest BCUT2D eigenvalue weighted by atomic mass is 79.9. The molecule has 3 nitrogen and oxygen atoms in total. The highest BCUT2D eigenvalue weighted by Gasteiger charge is 2.21. The molecule has 1 aliphatic rings. The standard InChI is InChI=1S/C15H19BrN2O/c1-11-8-13(16)9-12(10-18-14-4-5-14)15(11)19-7-3-2-6-17/h8-9,14,18H,2-5,7,10H2,1H3. The number of aryl methyl sites for hydroxylation is 1. The lowest BCUT2D eigenvalue weighted by Crippen LogP contribution is -2.16. The zero-order chi connectivity index (χ0) is 13.7. The van der Waals surface area contributed by atoms with Crippen LogP contribution < -0.4 is 10.1 Å². The van der Waals surface area contributed by atoms with Gasteiger partial charge in [0.25, 0.3) is 0 Å². The van der Waals surface area contributed by atoms with Crippen LogP contribution in [0.1, 0.15) is 36.8 Å². The van der Waals surface area contributed by atoms with Crippen LogP contribution in [0.25, 0.3) is 0 Å². The number of nitriles is 1. The lowest BCUT2D eigenvalue weighted by molar-refractivity contribution is 0.306. The van der Waals surface area contributed by atoms with E-state index in [1.807, 2.05) is 0 Å². The van der Waals surface area contributed by atoms with Crippen molar-refractivity contribution in [1.29, 1.82) is 5.26 Å². The van der Waals surface area contributed by atoms with Gasteiger partial charge in [0.05, 0.1) is 12.7 Å². The fraction of sp³-hybridized carbons (Fsp3) is 0.533. The molecule has 1 N–H and O–H groups in total. The molecule has 0 atom stereocenters. The normalized spacial score (nSPS) is 14.2. The van der Waals surface area contributed by atoms with Gasteiger partial charge in [0, 0.05) is 29.0 Å². The molecule has 19 heavy (non-hydrogen) atoms. The largest absolute Gasteiger partial charge is 0.493 e. The first-order chi connectivity index (χ1) is 9.20. The smallest absolute Gasteiger partial charge is 0.126 e. The summed E-state index contributed by atoms with van der Waals surface area (Å²) in [5, 5.41) is 12.1. The van der Waals surface area contributed by atoms with Crippen molar-refractivity contribution in [2.45, 2.75) is 45.2 Å². The van der Waals surface area contributed by atoms with E-state index >= 15 is 0 Å². The Hall–Kier alpha value is -1.05. The molecule has 1 aromatic rings. The van der Waals surface area contributed by atoms with Gasteiger partial charge in [-0.05, 0) is 43.9 Å². The third-order valence-corrected chi connectivity index (χ3v) is 3.61.